The third-order valence-corrected chi connectivity index (χ3v) is 2.63. The van der Waals surface area contributed by atoms with Crippen LogP contribution in [0.2, 0.25) is 0 Å². The van der Waals surface area contributed by atoms with Crippen molar-refractivity contribution in [1.82, 2.24) is 0 Å². The monoisotopic (exact) mass is 127 g/mol. The minimum absolute atomic E-state index is 0.471. The molecule has 1 fully saturated rings. The summed E-state index contributed by atoms with van der Waals surface area (Å²) in [7, 11) is 0. The van der Waals surface area contributed by atoms with Crippen LogP contribution in [0.5, 0.6) is 0 Å². The van der Waals surface area contributed by atoms with Gasteiger partial charge >= 0.3 is 0 Å². The molecule has 0 aromatic heterocycles. The summed E-state index contributed by atoms with van der Waals surface area (Å²) in [6, 6.07) is 0.471. The van der Waals surface area contributed by atoms with Crippen molar-refractivity contribution in [3.05, 3.63) is 0 Å². The molecule has 54 valence electrons. The molecule has 0 aromatic carbocycles. The van der Waals surface area contributed by atoms with Gasteiger partial charge in [0.2, 0.25) is 0 Å². The van der Waals surface area contributed by atoms with Crippen molar-refractivity contribution in [2.45, 2.75) is 39.2 Å². The molecular weight excluding hydrogens is 110 g/mol. The van der Waals surface area contributed by atoms with Crippen LogP contribution in [0.4, 0.5) is 0 Å². The zero-order chi connectivity index (χ0) is 6.85. The van der Waals surface area contributed by atoms with Crippen molar-refractivity contribution < 1.29 is 0 Å². The normalized spacial score (nSPS) is 45.0. The second kappa shape index (κ2) is 2.70. The van der Waals surface area contributed by atoms with Gasteiger partial charge < -0.3 is 5.73 Å². The quantitative estimate of drug-likeness (QED) is 0.527. The van der Waals surface area contributed by atoms with Gasteiger partial charge in [-0.25, -0.2) is 0 Å². The van der Waals surface area contributed by atoms with E-state index < -0.39 is 0 Å². The molecule has 1 rings (SSSR count). The van der Waals surface area contributed by atoms with Crippen LogP contribution in [-0.4, -0.2) is 6.04 Å². The fourth-order valence-electron chi connectivity index (χ4n) is 1.71. The molecule has 1 heteroatoms. The molecule has 1 aliphatic rings. The van der Waals surface area contributed by atoms with E-state index in [-0.39, 0.29) is 0 Å². The van der Waals surface area contributed by atoms with Gasteiger partial charge in [0.15, 0.2) is 0 Å². The van der Waals surface area contributed by atoms with Gasteiger partial charge in [-0.1, -0.05) is 20.3 Å². The Morgan fingerprint density at radius 1 is 1.11 bits per heavy atom. The highest BCUT2D eigenvalue weighted by molar-refractivity contribution is 4.79. The maximum Gasteiger partial charge on any atom is 0.00903 e. The molecule has 0 saturated heterocycles. The molecule has 0 bridgehead atoms. The first-order chi connectivity index (χ1) is 4.22. The summed E-state index contributed by atoms with van der Waals surface area (Å²) < 4.78 is 0. The van der Waals surface area contributed by atoms with Crippen molar-refractivity contribution in [1.29, 1.82) is 0 Å². The van der Waals surface area contributed by atoms with E-state index in [1.807, 2.05) is 0 Å². The Morgan fingerprint density at radius 2 is 1.56 bits per heavy atom. The van der Waals surface area contributed by atoms with E-state index in [4.69, 9.17) is 5.73 Å². The average Bonchev–Trinajstić information content (AvgIpc) is 1.83. The Kier molecular flexibility index (Phi) is 2.12. The number of nitrogens with two attached hydrogens (primary N) is 1. The molecule has 0 heterocycles. The third kappa shape index (κ3) is 1.45. The van der Waals surface area contributed by atoms with Gasteiger partial charge in [0.05, 0.1) is 0 Å². The van der Waals surface area contributed by atoms with Crippen molar-refractivity contribution in [2.24, 2.45) is 17.6 Å². The highest BCUT2D eigenvalue weighted by atomic mass is 14.7. The first-order valence-corrected chi connectivity index (χ1v) is 3.97. The molecule has 2 N–H and O–H groups in total. The Balaban J connectivity index is 2.41. The van der Waals surface area contributed by atoms with Gasteiger partial charge in [-0.05, 0) is 24.7 Å². The molecule has 1 aliphatic carbocycles. The lowest BCUT2D eigenvalue weighted by Gasteiger charge is -2.31. The maximum atomic E-state index is 5.92. The Labute approximate surface area is 57.6 Å². The van der Waals surface area contributed by atoms with Gasteiger partial charge in [0.25, 0.3) is 0 Å². The highest BCUT2D eigenvalue weighted by Gasteiger charge is 2.23. The van der Waals surface area contributed by atoms with Crippen LogP contribution in [0.3, 0.4) is 0 Å². The fourth-order valence-corrected chi connectivity index (χ4v) is 1.71. The molecule has 1 nitrogen and oxygen atoms in total. The fraction of sp³-hybridized carbons (Fsp3) is 1.00. The van der Waals surface area contributed by atoms with Crippen LogP contribution in [0.25, 0.3) is 0 Å². The van der Waals surface area contributed by atoms with Crippen LogP contribution in [0.1, 0.15) is 33.1 Å². The first-order valence-electron chi connectivity index (χ1n) is 3.97. The third-order valence-electron chi connectivity index (χ3n) is 2.63. The lowest BCUT2D eigenvalue weighted by Crippen LogP contribution is -2.37. The average molecular weight is 127 g/mol. The van der Waals surface area contributed by atoms with E-state index in [1.54, 1.807) is 0 Å². The molecular formula is C8H17N. The maximum absolute atomic E-state index is 5.92. The van der Waals surface area contributed by atoms with Crippen molar-refractivity contribution in [2.75, 3.05) is 0 Å². The number of rotatable bonds is 0. The Bertz CT molecular complexity index is 80.6. The predicted octanol–water partition coefficient (Wildman–Crippen LogP) is 1.77. The first kappa shape index (κ1) is 7.07. The number of hydrogen-bond donors (Lipinski definition) is 1. The molecule has 0 spiro atoms. The summed E-state index contributed by atoms with van der Waals surface area (Å²) in [5.41, 5.74) is 5.92. The Morgan fingerprint density at radius 3 is 1.89 bits per heavy atom. The van der Waals surface area contributed by atoms with Crippen LogP contribution >= 0.6 is 0 Å². The summed E-state index contributed by atoms with van der Waals surface area (Å²) >= 11 is 0. The van der Waals surface area contributed by atoms with Crippen LogP contribution < -0.4 is 5.73 Å². The molecule has 0 radical (unpaired) electrons. The minimum Gasteiger partial charge on any atom is -0.327 e. The van der Waals surface area contributed by atoms with E-state index in [9.17, 15) is 0 Å². The zero-order valence-corrected chi connectivity index (χ0v) is 6.43. The van der Waals surface area contributed by atoms with E-state index in [0.29, 0.717) is 6.04 Å². The molecule has 3 atom stereocenters. The van der Waals surface area contributed by atoms with Gasteiger partial charge in [0, 0.05) is 6.04 Å². The Hall–Kier alpha value is -0.0400. The zero-order valence-electron chi connectivity index (χ0n) is 6.43. The number of hydrogen-bond acceptors (Lipinski definition) is 1. The van der Waals surface area contributed by atoms with Crippen LogP contribution in [-0.2, 0) is 0 Å². The van der Waals surface area contributed by atoms with Crippen molar-refractivity contribution in [3.8, 4) is 0 Å². The topological polar surface area (TPSA) is 26.0 Å². The predicted molar refractivity (Wildman–Crippen MR) is 40.2 cm³/mol. The molecule has 0 aliphatic heterocycles. The van der Waals surface area contributed by atoms with Gasteiger partial charge in [-0.2, -0.15) is 0 Å². The standard InChI is InChI=1S/C8H17N/c1-6-4-3-5-7(2)8(6)9/h6-8H,3-5,9H2,1-2H3/t6-,7+,8?. The summed E-state index contributed by atoms with van der Waals surface area (Å²) in [5, 5.41) is 0. The van der Waals surface area contributed by atoms with Gasteiger partial charge in [0.1, 0.15) is 0 Å². The second-order valence-electron chi connectivity index (χ2n) is 3.46. The smallest absolute Gasteiger partial charge is 0.00903 e. The summed E-state index contributed by atoms with van der Waals surface area (Å²) in [5.74, 6) is 1.52. The second-order valence-corrected chi connectivity index (χ2v) is 3.46. The van der Waals surface area contributed by atoms with Gasteiger partial charge in [-0.15, -0.1) is 0 Å². The van der Waals surface area contributed by atoms with Crippen LogP contribution in [0.15, 0.2) is 0 Å². The van der Waals surface area contributed by atoms with E-state index >= 15 is 0 Å². The van der Waals surface area contributed by atoms with E-state index in [1.165, 1.54) is 19.3 Å². The van der Waals surface area contributed by atoms with Crippen molar-refractivity contribution in [3.63, 3.8) is 0 Å². The van der Waals surface area contributed by atoms with Gasteiger partial charge in [-0.3, -0.25) is 0 Å². The molecule has 9 heavy (non-hydrogen) atoms. The SMILES string of the molecule is C[C@@H]1CCC[C@H](C)C1N. The lowest BCUT2D eigenvalue weighted by molar-refractivity contribution is 0.251. The molecule has 1 unspecified atom stereocenters. The summed E-state index contributed by atoms with van der Waals surface area (Å²) in [4.78, 5) is 0. The summed E-state index contributed by atoms with van der Waals surface area (Å²) in [6.45, 7) is 4.53. The summed E-state index contributed by atoms with van der Waals surface area (Å²) in [6.07, 6.45) is 4.06. The highest BCUT2D eigenvalue weighted by Crippen LogP contribution is 2.26. The largest absolute Gasteiger partial charge is 0.327 e. The van der Waals surface area contributed by atoms with Crippen LogP contribution in [0, 0.1) is 11.8 Å². The van der Waals surface area contributed by atoms with E-state index in [0.717, 1.165) is 11.8 Å². The lowest BCUT2D eigenvalue weighted by atomic mass is 9.79. The van der Waals surface area contributed by atoms with E-state index in [2.05, 4.69) is 13.8 Å². The molecule has 1 saturated carbocycles. The van der Waals surface area contributed by atoms with Crippen molar-refractivity contribution >= 4 is 0 Å². The molecule has 0 aromatic rings. The minimum atomic E-state index is 0.471. The molecule has 0 amide bonds.